The number of thioether (sulfide) groups is 1. The van der Waals surface area contributed by atoms with Crippen LogP contribution in [0.1, 0.15) is 18.1 Å². The van der Waals surface area contributed by atoms with E-state index in [9.17, 15) is 14.7 Å². The number of aromatic hydroxyl groups is 1. The van der Waals surface area contributed by atoms with Crippen molar-refractivity contribution in [3.05, 3.63) is 40.8 Å². The zero-order valence-corrected chi connectivity index (χ0v) is 13.3. The standard InChI is InChI=1S/C16H17NO4S/c1-4-6-11-7-10(8-12(14(11)18)21-5-2)9-13-15(19)17(3)16(20)22-13/h4,7-9,18H,1,5-6H2,2-3H3/b13-9-. The summed E-state index contributed by atoms with van der Waals surface area (Å²) in [6.45, 7) is 5.89. The summed E-state index contributed by atoms with van der Waals surface area (Å²) in [5.74, 6) is 0.0950. The molecule has 5 nitrogen and oxygen atoms in total. The molecule has 1 saturated heterocycles. The third kappa shape index (κ3) is 3.17. The van der Waals surface area contributed by atoms with Gasteiger partial charge in [0.1, 0.15) is 0 Å². The predicted molar refractivity (Wildman–Crippen MR) is 86.9 cm³/mol. The van der Waals surface area contributed by atoms with Crippen LogP contribution in [-0.4, -0.2) is 34.8 Å². The summed E-state index contributed by atoms with van der Waals surface area (Å²) >= 11 is 0.894. The van der Waals surface area contributed by atoms with E-state index in [1.807, 2.05) is 6.92 Å². The van der Waals surface area contributed by atoms with Crippen LogP contribution in [0.25, 0.3) is 6.08 Å². The number of likely N-dealkylation sites (N-methyl/N-ethyl adjacent to an activating group) is 1. The molecule has 1 N–H and O–H groups in total. The van der Waals surface area contributed by atoms with E-state index >= 15 is 0 Å². The van der Waals surface area contributed by atoms with Gasteiger partial charge < -0.3 is 9.84 Å². The van der Waals surface area contributed by atoms with Crippen molar-refractivity contribution >= 4 is 29.0 Å². The molecule has 1 aromatic rings. The molecule has 116 valence electrons. The van der Waals surface area contributed by atoms with Crippen molar-refractivity contribution in [2.45, 2.75) is 13.3 Å². The van der Waals surface area contributed by atoms with E-state index < -0.39 is 0 Å². The van der Waals surface area contributed by atoms with Crippen LogP contribution in [0.5, 0.6) is 11.5 Å². The second-order valence-electron chi connectivity index (χ2n) is 4.69. The first-order valence-electron chi connectivity index (χ1n) is 6.79. The number of allylic oxidation sites excluding steroid dienone is 1. The van der Waals surface area contributed by atoms with E-state index in [0.29, 0.717) is 34.8 Å². The van der Waals surface area contributed by atoms with Crippen molar-refractivity contribution in [3.8, 4) is 11.5 Å². The summed E-state index contributed by atoms with van der Waals surface area (Å²) < 4.78 is 5.42. The number of benzene rings is 1. The molecule has 2 rings (SSSR count). The lowest BCUT2D eigenvalue weighted by Crippen LogP contribution is -2.22. The third-order valence-corrected chi connectivity index (χ3v) is 4.09. The number of hydrogen-bond donors (Lipinski definition) is 1. The van der Waals surface area contributed by atoms with Crippen molar-refractivity contribution in [3.63, 3.8) is 0 Å². The number of phenols is 1. The monoisotopic (exact) mass is 319 g/mol. The van der Waals surface area contributed by atoms with Gasteiger partial charge in [-0.05, 0) is 48.9 Å². The molecule has 2 amide bonds. The van der Waals surface area contributed by atoms with Gasteiger partial charge in [0.05, 0.1) is 11.5 Å². The summed E-state index contributed by atoms with van der Waals surface area (Å²) in [6, 6.07) is 3.40. The minimum absolute atomic E-state index is 0.0718. The second kappa shape index (κ2) is 6.70. The predicted octanol–water partition coefficient (Wildman–Crippen LogP) is 3.19. The van der Waals surface area contributed by atoms with Gasteiger partial charge in [-0.1, -0.05) is 6.08 Å². The third-order valence-electron chi connectivity index (χ3n) is 3.12. The molecule has 0 unspecified atom stereocenters. The summed E-state index contributed by atoms with van der Waals surface area (Å²) in [6.07, 6.45) is 3.78. The number of nitrogens with zero attached hydrogens (tertiary/aromatic N) is 1. The largest absolute Gasteiger partial charge is 0.504 e. The molecule has 0 saturated carbocycles. The van der Waals surface area contributed by atoms with Crippen molar-refractivity contribution in [1.29, 1.82) is 0 Å². The second-order valence-corrected chi connectivity index (χ2v) is 5.69. The Kier molecular flexibility index (Phi) is 4.92. The number of imide groups is 1. The lowest BCUT2D eigenvalue weighted by atomic mass is 10.1. The fourth-order valence-corrected chi connectivity index (χ4v) is 2.87. The maximum atomic E-state index is 11.9. The van der Waals surface area contributed by atoms with Crippen LogP contribution >= 0.6 is 11.8 Å². The molecule has 0 spiro atoms. The van der Waals surface area contributed by atoms with Crippen LogP contribution in [0.4, 0.5) is 4.79 Å². The van der Waals surface area contributed by atoms with Crippen LogP contribution in [0.3, 0.4) is 0 Å². The fraction of sp³-hybridized carbons (Fsp3) is 0.250. The van der Waals surface area contributed by atoms with Crippen molar-refractivity contribution in [1.82, 2.24) is 4.90 Å². The van der Waals surface area contributed by atoms with Crippen LogP contribution < -0.4 is 4.74 Å². The number of carbonyl (C=O) groups excluding carboxylic acids is 2. The van der Waals surface area contributed by atoms with E-state index in [0.717, 1.165) is 16.7 Å². The molecule has 22 heavy (non-hydrogen) atoms. The van der Waals surface area contributed by atoms with E-state index in [-0.39, 0.29) is 16.9 Å². The number of rotatable bonds is 5. The van der Waals surface area contributed by atoms with Crippen LogP contribution in [-0.2, 0) is 11.2 Å². The maximum absolute atomic E-state index is 11.9. The number of ether oxygens (including phenoxy) is 1. The molecular formula is C16H17NO4S. The van der Waals surface area contributed by atoms with Gasteiger partial charge in [-0.15, -0.1) is 6.58 Å². The van der Waals surface area contributed by atoms with Gasteiger partial charge in [0, 0.05) is 12.6 Å². The Bertz CT molecular complexity index is 666. The Balaban J connectivity index is 2.44. The summed E-state index contributed by atoms with van der Waals surface area (Å²) in [7, 11) is 1.45. The van der Waals surface area contributed by atoms with Crippen molar-refractivity contribution in [2.75, 3.05) is 13.7 Å². The van der Waals surface area contributed by atoms with E-state index in [4.69, 9.17) is 4.74 Å². The van der Waals surface area contributed by atoms with Gasteiger partial charge in [-0.2, -0.15) is 0 Å². The SMILES string of the molecule is C=CCc1cc(/C=C2\SC(=O)N(C)C2=O)cc(OCC)c1O. The Morgan fingerprint density at radius 3 is 2.68 bits per heavy atom. The van der Waals surface area contributed by atoms with Crippen LogP contribution in [0.2, 0.25) is 0 Å². The average Bonchev–Trinajstić information content (AvgIpc) is 2.72. The molecule has 6 heteroatoms. The Labute approximate surface area is 133 Å². The maximum Gasteiger partial charge on any atom is 0.293 e. The Hall–Kier alpha value is -2.21. The number of phenolic OH excluding ortho intramolecular Hbond substituents is 1. The minimum atomic E-state index is -0.327. The zero-order valence-electron chi connectivity index (χ0n) is 12.5. The number of hydrogen-bond acceptors (Lipinski definition) is 5. The normalized spacial score (nSPS) is 16.5. The molecule has 1 aliphatic rings. The zero-order chi connectivity index (χ0) is 16.3. The van der Waals surface area contributed by atoms with Crippen molar-refractivity contribution < 1.29 is 19.4 Å². The highest BCUT2D eigenvalue weighted by Crippen LogP contribution is 2.36. The lowest BCUT2D eigenvalue weighted by Gasteiger charge is -2.11. The summed E-state index contributed by atoms with van der Waals surface area (Å²) in [5, 5.41) is 9.84. The molecule has 0 aliphatic carbocycles. The molecule has 0 radical (unpaired) electrons. The fourth-order valence-electron chi connectivity index (χ4n) is 2.05. The van der Waals surface area contributed by atoms with Crippen molar-refractivity contribution in [2.24, 2.45) is 0 Å². The molecule has 1 aromatic carbocycles. The highest BCUT2D eigenvalue weighted by atomic mass is 32.2. The average molecular weight is 319 g/mol. The molecular weight excluding hydrogens is 302 g/mol. The van der Waals surface area contributed by atoms with Gasteiger partial charge in [0.15, 0.2) is 11.5 Å². The highest BCUT2D eigenvalue weighted by Gasteiger charge is 2.31. The highest BCUT2D eigenvalue weighted by molar-refractivity contribution is 8.18. The molecule has 1 fully saturated rings. The molecule has 1 heterocycles. The van der Waals surface area contributed by atoms with Gasteiger partial charge >= 0.3 is 0 Å². The van der Waals surface area contributed by atoms with E-state index in [1.165, 1.54) is 7.05 Å². The van der Waals surface area contributed by atoms with Gasteiger partial charge in [0.2, 0.25) is 0 Å². The molecule has 0 aromatic heterocycles. The summed E-state index contributed by atoms with van der Waals surface area (Å²) in [5.41, 5.74) is 1.35. The quantitative estimate of drug-likeness (QED) is 0.667. The van der Waals surface area contributed by atoms with Gasteiger partial charge in [-0.3, -0.25) is 14.5 Å². The summed E-state index contributed by atoms with van der Waals surface area (Å²) in [4.78, 5) is 24.9. The first-order chi connectivity index (χ1) is 10.5. The minimum Gasteiger partial charge on any atom is -0.504 e. The smallest absolute Gasteiger partial charge is 0.293 e. The first kappa shape index (κ1) is 16.2. The topological polar surface area (TPSA) is 66.8 Å². The van der Waals surface area contributed by atoms with Crippen LogP contribution in [0, 0.1) is 0 Å². The van der Waals surface area contributed by atoms with Gasteiger partial charge in [0.25, 0.3) is 11.1 Å². The van der Waals surface area contributed by atoms with Gasteiger partial charge in [-0.25, -0.2) is 0 Å². The Morgan fingerprint density at radius 1 is 1.41 bits per heavy atom. The number of carbonyl (C=O) groups is 2. The number of amides is 2. The Morgan fingerprint density at radius 2 is 2.14 bits per heavy atom. The van der Waals surface area contributed by atoms with Crippen LogP contribution in [0.15, 0.2) is 29.7 Å². The molecule has 1 aliphatic heterocycles. The molecule has 0 atom stereocenters. The first-order valence-corrected chi connectivity index (χ1v) is 7.60. The van der Waals surface area contributed by atoms with E-state index in [1.54, 1.807) is 24.3 Å². The molecule has 0 bridgehead atoms. The van der Waals surface area contributed by atoms with E-state index in [2.05, 4.69) is 6.58 Å². The lowest BCUT2D eigenvalue weighted by molar-refractivity contribution is -0.121.